The third-order valence-corrected chi connectivity index (χ3v) is 7.33. The van der Waals surface area contributed by atoms with E-state index in [2.05, 4.69) is 10.3 Å². The SMILES string of the molecule is CCOC(=O)C1=C(COCCOCCNCc2ccc([N+](=O)[O-])cc2)N=C(C)C(C(=O)OC)C1c1cccc(Cl)c1Cl. The Morgan fingerprint density at radius 1 is 1.07 bits per heavy atom. The van der Waals surface area contributed by atoms with Gasteiger partial charge in [-0.1, -0.05) is 47.5 Å². The molecule has 3 rings (SSSR count). The number of carbonyl (C=O) groups is 2. The van der Waals surface area contributed by atoms with Crippen molar-refractivity contribution in [2.75, 3.05) is 46.7 Å². The smallest absolute Gasteiger partial charge is 0.336 e. The van der Waals surface area contributed by atoms with Crippen molar-refractivity contribution in [1.29, 1.82) is 0 Å². The number of rotatable bonds is 15. The van der Waals surface area contributed by atoms with Gasteiger partial charge < -0.3 is 24.3 Å². The number of hydrogen-bond donors (Lipinski definition) is 1. The largest absolute Gasteiger partial charge is 0.468 e. The Labute approximate surface area is 253 Å². The molecule has 1 heterocycles. The minimum atomic E-state index is -0.920. The Morgan fingerprint density at radius 2 is 1.79 bits per heavy atom. The highest BCUT2D eigenvalue weighted by molar-refractivity contribution is 6.42. The van der Waals surface area contributed by atoms with Gasteiger partial charge in [0.1, 0.15) is 5.92 Å². The number of methoxy groups -OCH3 is 1. The number of aliphatic imine (C=N–C) groups is 1. The number of hydrogen-bond acceptors (Lipinski definition) is 10. The number of nitrogens with zero attached hydrogens (tertiary/aromatic N) is 2. The highest BCUT2D eigenvalue weighted by atomic mass is 35.5. The summed E-state index contributed by atoms with van der Waals surface area (Å²) >= 11 is 12.8. The maximum Gasteiger partial charge on any atom is 0.336 e. The molecule has 0 spiro atoms. The number of nitrogens with one attached hydrogen (secondary N) is 1. The van der Waals surface area contributed by atoms with Crippen LogP contribution in [0.4, 0.5) is 5.69 Å². The zero-order valence-corrected chi connectivity index (χ0v) is 25.1. The van der Waals surface area contributed by atoms with Crippen LogP contribution in [-0.2, 0) is 35.1 Å². The molecule has 0 aliphatic carbocycles. The van der Waals surface area contributed by atoms with E-state index in [1.165, 1.54) is 19.2 Å². The molecule has 226 valence electrons. The molecule has 1 aliphatic rings. The fourth-order valence-electron chi connectivity index (χ4n) is 4.52. The highest BCUT2D eigenvalue weighted by Crippen LogP contribution is 2.44. The van der Waals surface area contributed by atoms with Crippen molar-refractivity contribution < 1.29 is 33.5 Å². The zero-order valence-electron chi connectivity index (χ0n) is 23.6. The number of nitro benzene ring substituents is 1. The number of esters is 2. The number of benzene rings is 2. The van der Waals surface area contributed by atoms with Crippen LogP contribution in [0.3, 0.4) is 0 Å². The Kier molecular flexibility index (Phi) is 12.9. The number of carbonyl (C=O) groups excluding carboxylic acids is 2. The molecule has 11 nitrogen and oxygen atoms in total. The summed E-state index contributed by atoms with van der Waals surface area (Å²) in [6, 6.07) is 11.3. The second-order valence-electron chi connectivity index (χ2n) is 9.22. The summed E-state index contributed by atoms with van der Waals surface area (Å²) < 4.78 is 21.8. The summed E-state index contributed by atoms with van der Waals surface area (Å²) in [7, 11) is 1.27. The molecule has 1 N–H and O–H groups in total. The topological polar surface area (TPSA) is 139 Å². The second kappa shape index (κ2) is 16.3. The maximum atomic E-state index is 13.2. The van der Waals surface area contributed by atoms with Gasteiger partial charge in [-0.2, -0.15) is 0 Å². The molecule has 2 atom stereocenters. The minimum absolute atomic E-state index is 0.0319. The van der Waals surface area contributed by atoms with Gasteiger partial charge in [0, 0.05) is 36.9 Å². The van der Waals surface area contributed by atoms with Crippen LogP contribution in [0.15, 0.2) is 58.7 Å². The molecule has 1 aliphatic heterocycles. The van der Waals surface area contributed by atoms with Gasteiger partial charge in [-0.05, 0) is 31.0 Å². The average molecular weight is 623 g/mol. The maximum absolute atomic E-state index is 13.2. The van der Waals surface area contributed by atoms with Gasteiger partial charge in [-0.3, -0.25) is 19.9 Å². The average Bonchev–Trinajstić information content (AvgIpc) is 2.97. The van der Waals surface area contributed by atoms with Crippen molar-refractivity contribution in [3.63, 3.8) is 0 Å². The molecule has 0 saturated heterocycles. The molecular formula is C29H33Cl2N3O8. The summed E-state index contributed by atoms with van der Waals surface area (Å²) in [6.07, 6.45) is 0. The Balaban J connectivity index is 1.63. The summed E-state index contributed by atoms with van der Waals surface area (Å²) in [4.78, 5) is 41.0. The lowest BCUT2D eigenvalue weighted by Crippen LogP contribution is -2.37. The molecular weight excluding hydrogens is 589 g/mol. The van der Waals surface area contributed by atoms with Gasteiger partial charge >= 0.3 is 11.9 Å². The van der Waals surface area contributed by atoms with Crippen molar-refractivity contribution >= 4 is 46.5 Å². The van der Waals surface area contributed by atoms with E-state index in [9.17, 15) is 19.7 Å². The molecule has 0 bridgehead atoms. The molecule has 2 unspecified atom stereocenters. The van der Waals surface area contributed by atoms with Crippen LogP contribution in [-0.4, -0.2) is 69.3 Å². The Morgan fingerprint density at radius 3 is 2.45 bits per heavy atom. The zero-order chi connectivity index (χ0) is 30.6. The molecule has 0 saturated carbocycles. The quantitative estimate of drug-likeness (QED) is 0.127. The molecule has 42 heavy (non-hydrogen) atoms. The Hall–Kier alpha value is -3.35. The van der Waals surface area contributed by atoms with Crippen molar-refractivity contribution in [2.24, 2.45) is 10.9 Å². The van der Waals surface area contributed by atoms with Crippen LogP contribution in [0.5, 0.6) is 0 Å². The van der Waals surface area contributed by atoms with Gasteiger partial charge in [0.05, 0.1) is 66.4 Å². The van der Waals surface area contributed by atoms with Gasteiger partial charge in [-0.25, -0.2) is 4.79 Å². The van der Waals surface area contributed by atoms with Crippen LogP contribution in [0, 0.1) is 16.0 Å². The first-order valence-electron chi connectivity index (χ1n) is 13.3. The lowest BCUT2D eigenvalue weighted by molar-refractivity contribution is -0.384. The number of ether oxygens (including phenoxy) is 4. The van der Waals surface area contributed by atoms with Crippen LogP contribution < -0.4 is 5.32 Å². The van der Waals surface area contributed by atoms with Crippen molar-refractivity contribution in [2.45, 2.75) is 26.3 Å². The van der Waals surface area contributed by atoms with E-state index in [4.69, 9.17) is 42.1 Å². The summed E-state index contributed by atoms with van der Waals surface area (Å²) in [5.41, 5.74) is 2.34. The summed E-state index contributed by atoms with van der Waals surface area (Å²) in [6.45, 7) is 5.49. The van der Waals surface area contributed by atoms with Crippen molar-refractivity contribution in [3.05, 3.63) is 85.0 Å². The fourth-order valence-corrected chi connectivity index (χ4v) is 4.95. The first-order valence-corrected chi connectivity index (χ1v) is 14.0. The monoisotopic (exact) mass is 621 g/mol. The molecule has 0 aromatic heterocycles. The molecule has 0 fully saturated rings. The lowest BCUT2D eigenvalue weighted by atomic mass is 9.75. The van der Waals surface area contributed by atoms with E-state index in [1.807, 2.05) is 0 Å². The second-order valence-corrected chi connectivity index (χ2v) is 10.0. The fraction of sp³-hybridized carbons (Fsp3) is 0.414. The predicted molar refractivity (Wildman–Crippen MR) is 158 cm³/mol. The van der Waals surface area contributed by atoms with Crippen LogP contribution >= 0.6 is 23.2 Å². The van der Waals surface area contributed by atoms with Gasteiger partial charge in [-0.15, -0.1) is 0 Å². The van der Waals surface area contributed by atoms with Crippen LogP contribution in [0.1, 0.15) is 30.9 Å². The lowest BCUT2D eigenvalue weighted by Gasteiger charge is -2.32. The standard InChI is InChI=1S/C29H33Cl2N3O8/c1-4-42-29(36)26-23(17-41-15-14-40-13-12-32-16-19-8-10-20(11-9-19)34(37)38)33-18(2)24(28(35)39-3)25(26)21-6-5-7-22(30)27(21)31/h5-11,24-25,32H,4,12-17H2,1-3H3. The predicted octanol–water partition coefficient (Wildman–Crippen LogP) is 4.89. The van der Waals surface area contributed by atoms with Gasteiger partial charge in [0.25, 0.3) is 5.69 Å². The van der Waals surface area contributed by atoms with Crippen molar-refractivity contribution in [3.8, 4) is 0 Å². The minimum Gasteiger partial charge on any atom is -0.468 e. The van der Waals surface area contributed by atoms with E-state index >= 15 is 0 Å². The number of nitro groups is 1. The molecule has 0 amide bonds. The third-order valence-electron chi connectivity index (χ3n) is 6.49. The normalized spacial score (nSPS) is 16.6. The molecule has 0 radical (unpaired) electrons. The van der Waals surface area contributed by atoms with E-state index in [0.29, 0.717) is 36.7 Å². The van der Waals surface area contributed by atoms with E-state index < -0.39 is 28.7 Å². The Bertz CT molecular complexity index is 1330. The van der Waals surface area contributed by atoms with Gasteiger partial charge in [0.2, 0.25) is 0 Å². The molecule has 2 aromatic carbocycles. The van der Waals surface area contributed by atoms with E-state index in [-0.39, 0.29) is 47.7 Å². The first-order chi connectivity index (χ1) is 20.2. The van der Waals surface area contributed by atoms with Crippen LogP contribution in [0.25, 0.3) is 0 Å². The summed E-state index contributed by atoms with van der Waals surface area (Å²) in [5, 5.41) is 14.4. The van der Waals surface area contributed by atoms with Crippen LogP contribution in [0.2, 0.25) is 10.0 Å². The van der Waals surface area contributed by atoms with Crippen molar-refractivity contribution in [1.82, 2.24) is 5.32 Å². The number of halogens is 2. The first kappa shape index (κ1) is 33.2. The van der Waals surface area contributed by atoms with E-state index in [1.54, 1.807) is 44.2 Å². The third kappa shape index (κ3) is 8.59. The highest BCUT2D eigenvalue weighted by Gasteiger charge is 2.44. The van der Waals surface area contributed by atoms with Gasteiger partial charge in [0.15, 0.2) is 0 Å². The van der Waals surface area contributed by atoms with E-state index in [0.717, 1.165) is 5.56 Å². The number of non-ortho nitro benzene ring substituents is 1. The summed E-state index contributed by atoms with van der Waals surface area (Å²) in [5.74, 6) is -2.99. The molecule has 2 aromatic rings. The molecule has 13 heteroatoms.